The number of nitrogens with two attached hydrogens (primary N) is 1. The fourth-order valence-corrected chi connectivity index (χ4v) is 5.79. The molecule has 1 spiro atoms. The van der Waals surface area contributed by atoms with E-state index in [1.54, 1.807) is 29.2 Å². The van der Waals surface area contributed by atoms with Crippen molar-refractivity contribution in [2.45, 2.75) is 45.1 Å². The lowest BCUT2D eigenvalue weighted by Crippen LogP contribution is -2.34. The molecule has 1 aliphatic carbocycles. The molecule has 136 valence electrons. The molecule has 0 amide bonds. The first-order valence-corrected chi connectivity index (χ1v) is 10.7. The number of hydrogen-bond donors (Lipinski definition) is 1. The van der Waals surface area contributed by atoms with E-state index in [4.69, 9.17) is 16.0 Å². The maximum atomic E-state index is 13.8. The summed E-state index contributed by atoms with van der Waals surface area (Å²) >= 11 is 3.31. The van der Waals surface area contributed by atoms with E-state index in [2.05, 4.69) is 6.07 Å². The Hall–Kier alpha value is -1.84. The summed E-state index contributed by atoms with van der Waals surface area (Å²) in [7, 11) is 0. The third-order valence-corrected chi connectivity index (χ3v) is 6.74. The van der Waals surface area contributed by atoms with Gasteiger partial charge >= 0.3 is 0 Å². The van der Waals surface area contributed by atoms with E-state index >= 15 is 0 Å². The molecule has 2 heterocycles. The number of amidine groups is 1. The summed E-state index contributed by atoms with van der Waals surface area (Å²) in [4.78, 5) is 7.14. The molecule has 1 aromatic heterocycles. The van der Waals surface area contributed by atoms with E-state index in [1.165, 1.54) is 22.6 Å². The molecule has 4 rings (SSSR count). The first kappa shape index (κ1) is 18.9. The van der Waals surface area contributed by atoms with Gasteiger partial charge in [-0.1, -0.05) is 25.6 Å². The number of halogens is 1. The number of aryl methyl sites for hydroxylation is 1. The van der Waals surface area contributed by atoms with E-state index < -0.39 is 0 Å². The molecule has 1 unspecified atom stereocenters. The van der Waals surface area contributed by atoms with Crippen molar-refractivity contribution in [3.8, 4) is 16.5 Å². The highest BCUT2D eigenvalue weighted by molar-refractivity contribution is 8.13. The van der Waals surface area contributed by atoms with E-state index in [0.717, 1.165) is 41.9 Å². The molecule has 2 N–H and O–H groups in total. The maximum Gasteiger partial charge on any atom is 0.154 e. The SMILES string of the molecule is CC.N#Cc1cc(F)cc(-c2cc3c(s2)CCCC32CCSC(N)=N2)c1. The smallest absolute Gasteiger partial charge is 0.154 e. The average molecular weight is 388 g/mol. The number of thiophene rings is 1. The first-order chi connectivity index (χ1) is 12.6. The molecule has 1 aliphatic heterocycles. The van der Waals surface area contributed by atoms with E-state index in [0.29, 0.717) is 10.7 Å². The number of nitrogens with zero attached hydrogens (tertiary/aromatic N) is 2. The average Bonchev–Trinajstić information content (AvgIpc) is 3.09. The lowest BCUT2D eigenvalue weighted by molar-refractivity contribution is 0.368. The van der Waals surface area contributed by atoms with Crippen LogP contribution in [0.15, 0.2) is 29.3 Å². The fraction of sp³-hybridized carbons (Fsp3) is 0.400. The third kappa shape index (κ3) is 3.51. The van der Waals surface area contributed by atoms with Gasteiger partial charge in [0, 0.05) is 15.5 Å². The molecule has 0 radical (unpaired) electrons. The topological polar surface area (TPSA) is 62.2 Å². The number of fused-ring (bicyclic) bond motifs is 2. The van der Waals surface area contributed by atoms with E-state index in [9.17, 15) is 4.39 Å². The number of rotatable bonds is 1. The largest absolute Gasteiger partial charge is 0.379 e. The van der Waals surface area contributed by atoms with Gasteiger partial charge < -0.3 is 5.73 Å². The van der Waals surface area contributed by atoms with Crippen molar-refractivity contribution in [1.82, 2.24) is 0 Å². The number of nitriles is 1. The Bertz CT molecular complexity index is 882. The Morgan fingerprint density at radius 1 is 1.23 bits per heavy atom. The highest BCUT2D eigenvalue weighted by atomic mass is 32.2. The standard InChI is InChI=1S/C18H16FN3S2.C2H6/c19-13-7-11(10-20)6-12(8-13)16-9-14-15(24-16)2-1-3-18(14)4-5-23-17(21)22-18;1-2/h6-9H,1-5H2,(H2,21,22);1-2H3. The van der Waals surface area contributed by atoms with Gasteiger partial charge in [-0.25, -0.2) is 4.39 Å². The zero-order valence-electron chi connectivity index (χ0n) is 15.0. The summed E-state index contributed by atoms with van der Waals surface area (Å²) in [5, 5.41) is 9.74. The fourth-order valence-electron chi connectivity index (χ4n) is 3.62. The Labute approximate surface area is 162 Å². The van der Waals surface area contributed by atoms with Crippen LogP contribution >= 0.6 is 23.1 Å². The highest BCUT2D eigenvalue weighted by Gasteiger charge is 2.39. The van der Waals surface area contributed by atoms with Crippen LogP contribution in [-0.2, 0) is 12.0 Å². The van der Waals surface area contributed by atoms with Crippen molar-refractivity contribution in [1.29, 1.82) is 5.26 Å². The molecule has 1 aromatic carbocycles. The van der Waals surface area contributed by atoms with Gasteiger partial charge in [-0.15, -0.1) is 11.3 Å². The van der Waals surface area contributed by atoms with Crippen LogP contribution < -0.4 is 5.73 Å². The molecule has 3 nitrogen and oxygen atoms in total. The van der Waals surface area contributed by atoms with Gasteiger partial charge in [0.2, 0.25) is 0 Å². The molecule has 0 bridgehead atoms. The number of benzene rings is 1. The predicted molar refractivity (Wildman–Crippen MR) is 109 cm³/mol. The molecule has 2 aliphatic rings. The van der Waals surface area contributed by atoms with Crippen LogP contribution in [0.3, 0.4) is 0 Å². The van der Waals surface area contributed by atoms with Crippen molar-refractivity contribution in [2.75, 3.05) is 5.75 Å². The first-order valence-electron chi connectivity index (χ1n) is 8.92. The predicted octanol–water partition coefficient (Wildman–Crippen LogP) is 5.44. The molecule has 0 saturated heterocycles. The van der Waals surface area contributed by atoms with Crippen LogP contribution in [0.5, 0.6) is 0 Å². The van der Waals surface area contributed by atoms with Crippen LogP contribution in [0, 0.1) is 17.1 Å². The van der Waals surface area contributed by atoms with Crippen molar-refractivity contribution >= 4 is 28.3 Å². The van der Waals surface area contributed by atoms with E-state index in [1.807, 2.05) is 19.9 Å². The Morgan fingerprint density at radius 3 is 2.77 bits per heavy atom. The van der Waals surface area contributed by atoms with Gasteiger partial charge in [0.25, 0.3) is 0 Å². The molecule has 6 heteroatoms. The van der Waals surface area contributed by atoms with Gasteiger partial charge in [-0.2, -0.15) is 5.26 Å². The van der Waals surface area contributed by atoms with Crippen LogP contribution in [-0.4, -0.2) is 10.9 Å². The Kier molecular flexibility index (Phi) is 5.69. The summed E-state index contributed by atoms with van der Waals surface area (Å²) < 4.78 is 13.8. The zero-order chi connectivity index (χ0) is 18.7. The van der Waals surface area contributed by atoms with Gasteiger partial charge in [0.05, 0.1) is 17.2 Å². The second kappa shape index (κ2) is 7.81. The quantitative estimate of drug-likeness (QED) is 0.709. The van der Waals surface area contributed by atoms with Crippen LogP contribution in [0.4, 0.5) is 4.39 Å². The molecule has 1 atom stereocenters. The molecule has 26 heavy (non-hydrogen) atoms. The minimum absolute atomic E-state index is 0.205. The van der Waals surface area contributed by atoms with Gasteiger partial charge in [0.15, 0.2) is 5.17 Å². The monoisotopic (exact) mass is 387 g/mol. The lowest BCUT2D eigenvalue weighted by atomic mass is 9.78. The summed E-state index contributed by atoms with van der Waals surface area (Å²) in [6, 6.07) is 8.68. The normalized spacial score (nSPS) is 21.2. The van der Waals surface area contributed by atoms with Crippen molar-refractivity contribution in [2.24, 2.45) is 10.7 Å². The van der Waals surface area contributed by atoms with Crippen LogP contribution in [0.2, 0.25) is 0 Å². The summed E-state index contributed by atoms with van der Waals surface area (Å²) in [5.41, 5.74) is 8.16. The Balaban J connectivity index is 0.000000948. The minimum Gasteiger partial charge on any atom is -0.379 e. The second-order valence-electron chi connectivity index (χ2n) is 6.22. The van der Waals surface area contributed by atoms with Gasteiger partial charge in [-0.3, -0.25) is 4.99 Å². The molecule has 2 aromatic rings. The Morgan fingerprint density at radius 2 is 2.04 bits per heavy atom. The van der Waals surface area contributed by atoms with Crippen molar-refractivity contribution < 1.29 is 4.39 Å². The highest BCUT2D eigenvalue weighted by Crippen LogP contribution is 2.49. The third-order valence-electron chi connectivity index (χ3n) is 4.71. The molecular formula is C20H22FN3S2. The zero-order valence-corrected chi connectivity index (χ0v) is 16.6. The minimum atomic E-state index is -0.374. The maximum absolute atomic E-state index is 13.8. The van der Waals surface area contributed by atoms with Crippen LogP contribution in [0.1, 0.15) is 49.1 Å². The van der Waals surface area contributed by atoms with E-state index in [-0.39, 0.29) is 11.4 Å². The summed E-state index contributed by atoms with van der Waals surface area (Å²) in [6.45, 7) is 4.00. The summed E-state index contributed by atoms with van der Waals surface area (Å²) in [5.74, 6) is 0.611. The van der Waals surface area contributed by atoms with Crippen LogP contribution in [0.25, 0.3) is 10.4 Å². The van der Waals surface area contributed by atoms with Gasteiger partial charge in [0.1, 0.15) is 5.82 Å². The number of aliphatic imine (C=N–C) groups is 1. The number of hydrogen-bond acceptors (Lipinski definition) is 5. The molecule has 0 fully saturated rings. The summed E-state index contributed by atoms with van der Waals surface area (Å²) in [6.07, 6.45) is 4.14. The van der Waals surface area contributed by atoms with Crippen molar-refractivity contribution in [3.05, 3.63) is 46.1 Å². The lowest BCUT2D eigenvalue weighted by Gasteiger charge is -2.36. The van der Waals surface area contributed by atoms with Crippen molar-refractivity contribution in [3.63, 3.8) is 0 Å². The van der Waals surface area contributed by atoms with Gasteiger partial charge in [-0.05, 0) is 61.1 Å². The number of thioether (sulfide) groups is 1. The molecule has 0 saturated carbocycles. The second-order valence-corrected chi connectivity index (χ2v) is 8.47. The molecular weight excluding hydrogens is 365 g/mol.